The Morgan fingerprint density at radius 1 is 1.04 bits per heavy atom. The van der Waals surface area contributed by atoms with Crippen molar-refractivity contribution in [1.82, 2.24) is 16.3 Å². The smallest absolute Gasteiger partial charge is 0.258 e. The maximum absolute atomic E-state index is 12.4. The number of nitrogens with one attached hydrogen (secondary N) is 3. The van der Waals surface area contributed by atoms with E-state index in [1.165, 1.54) is 0 Å². The van der Waals surface area contributed by atoms with Gasteiger partial charge in [0.2, 0.25) is 0 Å². The molecular weight excluding hydrogens is 395 g/mol. The molecule has 0 aromatic heterocycles. The first-order chi connectivity index (χ1) is 12.4. The van der Waals surface area contributed by atoms with Gasteiger partial charge in [0.05, 0.1) is 5.71 Å². The fourth-order valence-electron chi connectivity index (χ4n) is 2.69. The van der Waals surface area contributed by atoms with Crippen molar-refractivity contribution >= 4 is 46.4 Å². The van der Waals surface area contributed by atoms with Gasteiger partial charge in [0, 0.05) is 26.7 Å². The molecule has 1 aliphatic rings. The largest absolute Gasteiger partial charge is 0.271 e. The number of carbonyl (C=O) groups is 1. The second kappa shape index (κ2) is 8.37. The van der Waals surface area contributed by atoms with E-state index in [2.05, 4.69) is 21.4 Å². The van der Waals surface area contributed by atoms with Crippen LogP contribution < -0.4 is 16.3 Å². The summed E-state index contributed by atoms with van der Waals surface area (Å²) in [6, 6.07) is 12.3. The Morgan fingerprint density at radius 3 is 2.35 bits per heavy atom. The Morgan fingerprint density at radius 2 is 1.69 bits per heavy atom. The van der Waals surface area contributed by atoms with Gasteiger partial charge in [-0.2, -0.15) is 5.10 Å². The van der Waals surface area contributed by atoms with Crippen LogP contribution in [0, 0.1) is 0 Å². The summed E-state index contributed by atoms with van der Waals surface area (Å²) in [7, 11) is 0. The Labute approximate surface area is 166 Å². The first-order valence-corrected chi connectivity index (χ1v) is 9.13. The normalized spacial score (nSPS) is 20.2. The second-order valence-corrected chi connectivity index (χ2v) is 7.32. The summed E-state index contributed by atoms with van der Waals surface area (Å²) in [5, 5.41) is 5.85. The molecule has 26 heavy (non-hydrogen) atoms. The van der Waals surface area contributed by atoms with Crippen molar-refractivity contribution in [3.8, 4) is 0 Å². The molecule has 3 rings (SSSR count). The lowest BCUT2D eigenvalue weighted by Gasteiger charge is -2.09. The van der Waals surface area contributed by atoms with Crippen molar-refractivity contribution in [1.29, 1.82) is 0 Å². The first kappa shape index (κ1) is 19.1. The minimum atomic E-state index is -0.393. The van der Waals surface area contributed by atoms with E-state index in [0.717, 1.165) is 11.1 Å². The molecule has 1 amide bonds. The number of amides is 1. The van der Waals surface area contributed by atoms with Crippen molar-refractivity contribution in [2.24, 2.45) is 5.10 Å². The van der Waals surface area contributed by atoms with Crippen LogP contribution in [0.4, 0.5) is 0 Å². The molecule has 0 bridgehead atoms. The topological polar surface area (TPSA) is 65.5 Å². The number of carbonyl (C=O) groups excluding carboxylic acids is 1. The first-order valence-electron chi connectivity index (χ1n) is 7.99. The van der Waals surface area contributed by atoms with Crippen LogP contribution in [0.2, 0.25) is 15.1 Å². The minimum Gasteiger partial charge on any atom is -0.271 e. The van der Waals surface area contributed by atoms with Crippen LogP contribution in [-0.2, 0) is 4.79 Å². The molecule has 136 valence electrons. The molecule has 8 heteroatoms. The molecule has 0 spiro atoms. The molecule has 3 N–H and O–H groups in total. The maximum Gasteiger partial charge on any atom is 0.258 e. The van der Waals surface area contributed by atoms with Crippen LogP contribution in [0.3, 0.4) is 0 Å². The zero-order chi connectivity index (χ0) is 18.7. The lowest BCUT2D eigenvalue weighted by atomic mass is 10.0. The molecule has 5 nitrogen and oxygen atoms in total. The van der Waals surface area contributed by atoms with Gasteiger partial charge in [-0.1, -0.05) is 46.9 Å². The van der Waals surface area contributed by atoms with E-state index in [1.807, 2.05) is 24.3 Å². The van der Waals surface area contributed by atoms with Crippen molar-refractivity contribution in [2.45, 2.75) is 25.4 Å². The fraction of sp³-hybridized carbons (Fsp3) is 0.222. The standard InChI is InChI=1S/C18H17Cl3N4O/c1-10(12-6-14(20)8-15(21)7-12)22-25-18(26)17-9-16(23-24-17)11-2-4-13(19)5-3-11/h2-8,16-17,23-24H,9H2,1H3,(H,25,26)/b22-10-. The molecule has 2 atom stereocenters. The van der Waals surface area contributed by atoms with Gasteiger partial charge in [0.1, 0.15) is 6.04 Å². The highest BCUT2D eigenvalue weighted by atomic mass is 35.5. The van der Waals surface area contributed by atoms with E-state index in [4.69, 9.17) is 34.8 Å². The molecule has 1 aliphatic heterocycles. The van der Waals surface area contributed by atoms with Crippen molar-refractivity contribution in [3.63, 3.8) is 0 Å². The number of hydrogen-bond acceptors (Lipinski definition) is 4. The Balaban J connectivity index is 1.60. The van der Waals surface area contributed by atoms with E-state index < -0.39 is 6.04 Å². The summed E-state index contributed by atoms with van der Waals surface area (Å²) >= 11 is 17.9. The second-order valence-electron chi connectivity index (χ2n) is 6.01. The molecule has 1 fully saturated rings. The zero-order valence-corrected chi connectivity index (χ0v) is 16.2. The van der Waals surface area contributed by atoms with Crippen LogP contribution in [-0.4, -0.2) is 17.7 Å². The summed E-state index contributed by atoms with van der Waals surface area (Å²) in [5.41, 5.74) is 11.1. The number of hydrazone groups is 1. The quantitative estimate of drug-likeness (QED) is 0.524. The fourth-order valence-corrected chi connectivity index (χ4v) is 3.34. The third-order valence-corrected chi connectivity index (χ3v) is 4.79. The van der Waals surface area contributed by atoms with Gasteiger partial charge in [-0.25, -0.2) is 16.3 Å². The van der Waals surface area contributed by atoms with E-state index in [9.17, 15) is 4.79 Å². The Hall–Kier alpha value is -1.63. The molecule has 1 saturated heterocycles. The van der Waals surface area contributed by atoms with Crippen LogP contribution in [0.15, 0.2) is 47.6 Å². The van der Waals surface area contributed by atoms with E-state index in [-0.39, 0.29) is 11.9 Å². The van der Waals surface area contributed by atoms with Crippen molar-refractivity contribution in [2.75, 3.05) is 0 Å². The summed E-state index contributed by atoms with van der Waals surface area (Å²) in [6.07, 6.45) is 0.602. The zero-order valence-electron chi connectivity index (χ0n) is 13.9. The number of halogens is 3. The predicted octanol–water partition coefficient (Wildman–Crippen LogP) is 4.09. The number of nitrogens with zero attached hydrogens (tertiary/aromatic N) is 1. The summed E-state index contributed by atoms with van der Waals surface area (Å²) in [4.78, 5) is 12.4. The number of hydrogen-bond donors (Lipinski definition) is 3. The van der Waals surface area contributed by atoms with Crippen LogP contribution >= 0.6 is 34.8 Å². The number of benzene rings is 2. The Kier molecular flexibility index (Phi) is 6.16. The van der Waals surface area contributed by atoms with Gasteiger partial charge in [0.25, 0.3) is 5.91 Å². The lowest BCUT2D eigenvalue weighted by molar-refractivity contribution is -0.122. The minimum absolute atomic E-state index is 0.0276. The van der Waals surface area contributed by atoms with Crippen molar-refractivity contribution < 1.29 is 4.79 Å². The maximum atomic E-state index is 12.4. The number of rotatable bonds is 4. The van der Waals surface area contributed by atoms with Gasteiger partial charge in [-0.15, -0.1) is 0 Å². The van der Waals surface area contributed by atoms with Gasteiger partial charge in [0.15, 0.2) is 0 Å². The molecule has 0 radical (unpaired) electrons. The lowest BCUT2D eigenvalue weighted by Crippen LogP contribution is -2.41. The van der Waals surface area contributed by atoms with Crippen LogP contribution in [0.5, 0.6) is 0 Å². The molecular formula is C18H17Cl3N4O. The highest BCUT2D eigenvalue weighted by Crippen LogP contribution is 2.24. The monoisotopic (exact) mass is 410 g/mol. The third kappa shape index (κ3) is 4.75. The summed E-state index contributed by atoms with van der Waals surface area (Å²) in [6.45, 7) is 1.78. The summed E-state index contributed by atoms with van der Waals surface area (Å²) < 4.78 is 0. The van der Waals surface area contributed by atoms with Gasteiger partial charge < -0.3 is 0 Å². The van der Waals surface area contributed by atoms with Crippen molar-refractivity contribution in [3.05, 3.63) is 68.7 Å². The van der Waals surface area contributed by atoms with Gasteiger partial charge >= 0.3 is 0 Å². The van der Waals surface area contributed by atoms with E-state index in [0.29, 0.717) is 27.2 Å². The third-order valence-electron chi connectivity index (χ3n) is 4.11. The average Bonchev–Trinajstić information content (AvgIpc) is 3.09. The highest BCUT2D eigenvalue weighted by Gasteiger charge is 2.30. The van der Waals surface area contributed by atoms with Gasteiger partial charge in [-0.05, 0) is 49.2 Å². The Bertz CT molecular complexity index is 819. The van der Waals surface area contributed by atoms with E-state index in [1.54, 1.807) is 25.1 Å². The SMILES string of the molecule is C/C(=N/NC(=O)C1CC(c2ccc(Cl)cc2)NN1)c1cc(Cl)cc(Cl)c1. The predicted molar refractivity (Wildman–Crippen MR) is 106 cm³/mol. The molecule has 2 unspecified atom stereocenters. The molecule has 0 saturated carbocycles. The molecule has 2 aromatic carbocycles. The number of hydrazine groups is 1. The van der Waals surface area contributed by atoms with E-state index >= 15 is 0 Å². The highest BCUT2D eigenvalue weighted by molar-refractivity contribution is 6.35. The molecule has 1 heterocycles. The molecule has 0 aliphatic carbocycles. The van der Waals surface area contributed by atoms with Crippen LogP contribution in [0.25, 0.3) is 0 Å². The van der Waals surface area contributed by atoms with Gasteiger partial charge in [-0.3, -0.25) is 4.79 Å². The summed E-state index contributed by atoms with van der Waals surface area (Å²) in [5.74, 6) is -0.221. The van der Waals surface area contributed by atoms with Crippen LogP contribution in [0.1, 0.15) is 30.5 Å². The average molecular weight is 412 g/mol. The molecule has 2 aromatic rings.